The molecule has 0 bridgehead atoms. The number of carbonyl (C=O) groups is 3. The maximum Gasteiger partial charge on any atom is 0.337 e. The second-order valence-corrected chi connectivity index (χ2v) is 8.98. The molecule has 0 aliphatic carbocycles. The molecule has 2 amide bonds. The maximum atomic E-state index is 13.3. The number of methoxy groups -OCH3 is 2. The van der Waals surface area contributed by atoms with Crippen molar-refractivity contribution in [3.63, 3.8) is 0 Å². The van der Waals surface area contributed by atoms with E-state index in [0.29, 0.717) is 44.8 Å². The second-order valence-electron chi connectivity index (χ2n) is 8.98. The summed E-state index contributed by atoms with van der Waals surface area (Å²) in [5.41, 5.74) is 2.42. The van der Waals surface area contributed by atoms with E-state index in [2.05, 4.69) is 0 Å². The third kappa shape index (κ3) is 8.03. The summed E-state index contributed by atoms with van der Waals surface area (Å²) in [7, 11) is 2.97. The summed E-state index contributed by atoms with van der Waals surface area (Å²) in [4.78, 5) is 43.1. The van der Waals surface area contributed by atoms with Gasteiger partial charge in [-0.3, -0.25) is 14.5 Å². The van der Waals surface area contributed by atoms with E-state index >= 15 is 0 Å². The zero-order valence-electron chi connectivity index (χ0n) is 22.1. The molecule has 200 valence electrons. The topological polar surface area (TPSA) is 88.6 Å². The molecule has 1 saturated heterocycles. The molecule has 9 heteroatoms. The molecule has 0 unspecified atom stereocenters. The van der Waals surface area contributed by atoms with E-state index in [9.17, 15) is 14.4 Å². The van der Waals surface area contributed by atoms with Crippen LogP contribution in [0.4, 0.5) is 0 Å². The number of hydrogen-bond acceptors (Lipinski definition) is 7. The van der Waals surface area contributed by atoms with Crippen molar-refractivity contribution in [1.29, 1.82) is 0 Å². The Kier molecular flexibility index (Phi) is 10.5. The van der Waals surface area contributed by atoms with Crippen LogP contribution in [0.25, 0.3) is 0 Å². The van der Waals surface area contributed by atoms with E-state index in [1.807, 2.05) is 55.1 Å². The van der Waals surface area contributed by atoms with Crippen LogP contribution in [0.15, 0.2) is 48.5 Å². The lowest BCUT2D eigenvalue weighted by molar-refractivity contribution is -0.138. The van der Waals surface area contributed by atoms with E-state index in [-0.39, 0.29) is 31.1 Å². The van der Waals surface area contributed by atoms with Crippen LogP contribution in [0.5, 0.6) is 5.75 Å². The van der Waals surface area contributed by atoms with Gasteiger partial charge in [0.05, 0.1) is 32.4 Å². The van der Waals surface area contributed by atoms with Crippen LogP contribution in [0, 0.1) is 0 Å². The first-order valence-corrected chi connectivity index (χ1v) is 12.6. The fourth-order valence-electron chi connectivity index (χ4n) is 4.36. The molecule has 0 N–H and O–H groups in total. The minimum absolute atomic E-state index is 0.0110. The Bertz CT molecular complexity index is 1040. The largest absolute Gasteiger partial charge is 0.497 e. The van der Waals surface area contributed by atoms with Crippen molar-refractivity contribution in [1.82, 2.24) is 14.7 Å². The molecule has 3 rings (SSSR count). The van der Waals surface area contributed by atoms with Gasteiger partial charge in [-0.05, 0) is 49.2 Å². The minimum atomic E-state index is -0.392. The lowest BCUT2D eigenvalue weighted by atomic mass is 10.1. The summed E-state index contributed by atoms with van der Waals surface area (Å²) in [5, 5.41) is 0. The van der Waals surface area contributed by atoms with Crippen molar-refractivity contribution in [3.8, 4) is 5.75 Å². The normalized spacial score (nSPS) is 16.3. The number of esters is 1. The van der Waals surface area contributed by atoms with Crippen molar-refractivity contribution < 1.29 is 28.6 Å². The van der Waals surface area contributed by atoms with Crippen LogP contribution in [0.1, 0.15) is 35.3 Å². The monoisotopic (exact) mass is 511 g/mol. The van der Waals surface area contributed by atoms with E-state index < -0.39 is 5.97 Å². The Morgan fingerprint density at radius 3 is 2.14 bits per heavy atom. The van der Waals surface area contributed by atoms with Gasteiger partial charge < -0.3 is 24.0 Å². The van der Waals surface area contributed by atoms with Gasteiger partial charge in [-0.25, -0.2) is 4.79 Å². The minimum Gasteiger partial charge on any atom is -0.497 e. The Labute approximate surface area is 218 Å². The fourth-order valence-corrected chi connectivity index (χ4v) is 4.36. The van der Waals surface area contributed by atoms with Gasteiger partial charge in [-0.1, -0.05) is 24.3 Å². The van der Waals surface area contributed by atoms with Gasteiger partial charge in [0, 0.05) is 39.3 Å². The molecule has 0 saturated carbocycles. The first-order valence-electron chi connectivity index (χ1n) is 12.6. The zero-order chi connectivity index (χ0) is 26.8. The third-order valence-corrected chi connectivity index (χ3v) is 6.47. The van der Waals surface area contributed by atoms with Crippen molar-refractivity contribution in [2.75, 3.05) is 53.6 Å². The fraction of sp³-hybridized carbons (Fsp3) is 0.464. The van der Waals surface area contributed by atoms with Crippen LogP contribution < -0.4 is 4.74 Å². The average Bonchev–Trinajstić information content (AvgIpc) is 3.06. The molecular weight excluding hydrogens is 474 g/mol. The number of likely N-dealkylation sites (N-methyl/N-ethyl adjacent to an activating group) is 1. The third-order valence-electron chi connectivity index (χ3n) is 6.47. The molecule has 1 fully saturated rings. The summed E-state index contributed by atoms with van der Waals surface area (Å²) in [6.07, 6.45) is -0.335. The molecule has 1 aliphatic rings. The van der Waals surface area contributed by atoms with E-state index in [0.717, 1.165) is 16.9 Å². The van der Waals surface area contributed by atoms with Crippen molar-refractivity contribution in [3.05, 3.63) is 65.2 Å². The van der Waals surface area contributed by atoms with Gasteiger partial charge >= 0.3 is 5.97 Å². The summed E-state index contributed by atoms with van der Waals surface area (Å²) >= 11 is 0. The van der Waals surface area contributed by atoms with Crippen LogP contribution in [-0.2, 0) is 32.2 Å². The molecule has 0 radical (unpaired) electrons. The summed E-state index contributed by atoms with van der Waals surface area (Å²) in [6, 6.07) is 14.8. The van der Waals surface area contributed by atoms with Gasteiger partial charge in [0.1, 0.15) is 12.4 Å². The number of benzene rings is 2. The molecule has 1 atom stereocenters. The smallest absolute Gasteiger partial charge is 0.337 e. The lowest BCUT2D eigenvalue weighted by Gasteiger charge is -2.26. The van der Waals surface area contributed by atoms with E-state index in [4.69, 9.17) is 14.2 Å². The number of ether oxygens (including phenoxy) is 3. The summed E-state index contributed by atoms with van der Waals surface area (Å²) in [5.74, 6) is 0.291. The first kappa shape index (κ1) is 28.1. The Morgan fingerprint density at radius 1 is 0.919 bits per heavy atom. The molecule has 1 aliphatic heterocycles. The van der Waals surface area contributed by atoms with Crippen LogP contribution >= 0.6 is 0 Å². The van der Waals surface area contributed by atoms with Gasteiger partial charge in [0.2, 0.25) is 11.8 Å². The molecule has 2 aromatic carbocycles. The Balaban J connectivity index is 1.74. The van der Waals surface area contributed by atoms with E-state index in [1.54, 1.807) is 29.0 Å². The molecule has 0 aromatic heterocycles. The number of nitrogens with zero attached hydrogens (tertiary/aromatic N) is 3. The predicted molar refractivity (Wildman–Crippen MR) is 139 cm³/mol. The highest BCUT2D eigenvalue weighted by molar-refractivity contribution is 5.89. The SMILES string of the molecule is CCN(CC)C(=O)CO[C@@H]1CN(Cc2ccc(C(=O)OC)cc2)CC(=O)N(Cc2ccc(OC)cc2)C1. The predicted octanol–water partition coefficient (Wildman–Crippen LogP) is 2.58. The maximum absolute atomic E-state index is 13.3. The van der Waals surface area contributed by atoms with Crippen LogP contribution in [-0.4, -0.2) is 92.1 Å². The van der Waals surface area contributed by atoms with Gasteiger partial charge in [-0.15, -0.1) is 0 Å². The number of rotatable bonds is 11. The van der Waals surface area contributed by atoms with Crippen molar-refractivity contribution in [2.24, 2.45) is 0 Å². The number of carbonyl (C=O) groups excluding carboxylic acids is 3. The van der Waals surface area contributed by atoms with E-state index in [1.165, 1.54) is 7.11 Å². The number of hydrogen-bond donors (Lipinski definition) is 0. The van der Waals surface area contributed by atoms with Crippen LogP contribution in [0.3, 0.4) is 0 Å². The van der Waals surface area contributed by atoms with Gasteiger partial charge in [0.15, 0.2) is 0 Å². The van der Waals surface area contributed by atoms with Crippen LogP contribution in [0.2, 0.25) is 0 Å². The molecular formula is C28H37N3O6. The zero-order valence-corrected chi connectivity index (χ0v) is 22.1. The van der Waals surface area contributed by atoms with Crippen molar-refractivity contribution >= 4 is 17.8 Å². The Hall–Kier alpha value is -3.43. The number of amides is 2. The standard InChI is InChI=1S/C28H37N3O6/c1-5-30(6-2)27(33)20-37-25-17-29(15-21-7-11-23(12-8-21)28(34)36-4)19-26(32)31(18-25)16-22-9-13-24(35-3)14-10-22/h7-14,25H,5-6,15-20H2,1-4H3/t25-/m1/s1. The average molecular weight is 512 g/mol. The lowest BCUT2D eigenvalue weighted by Crippen LogP contribution is -2.40. The summed E-state index contributed by atoms with van der Waals surface area (Å²) in [6.45, 7) is 7.14. The molecule has 9 nitrogen and oxygen atoms in total. The highest BCUT2D eigenvalue weighted by atomic mass is 16.5. The molecule has 1 heterocycles. The highest BCUT2D eigenvalue weighted by Crippen LogP contribution is 2.18. The Morgan fingerprint density at radius 2 is 1.54 bits per heavy atom. The molecule has 2 aromatic rings. The second kappa shape index (κ2) is 13.8. The highest BCUT2D eigenvalue weighted by Gasteiger charge is 2.29. The van der Waals surface area contributed by atoms with Gasteiger partial charge in [-0.2, -0.15) is 0 Å². The van der Waals surface area contributed by atoms with Gasteiger partial charge in [0.25, 0.3) is 0 Å². The molecule has 0 spiro atoms. The van der Waals surface area contributed by atoms with Crippen molar-refractivity contribution in [2.45, 2.75) is 33.0 Å². The summed E-state index contributed by atoms with van der Waals surface area (Å²) < 4.78 is 16.1. The quantitative estimate of drug-likeness (QED) is 0.429. The first-order chi connectivity index (χ1) is 17.9. The molecule has 37 heavy (non-hydrogen) atoms.